The smallest absolute Gasteiger partial charge is 0.316 e. The minimum atomic E-state index is -1.81. The summed E-state index contributed by atoms with van der Waals surface area (Å²) >= 11 is 0. The van der Waals surface area contributed by atoms with Gasteiger partial charge in [-0.25, -0.2) is 0 Å². The van der Waals surface area contributed by atoms with E-state index in [4.69, 9.17) is 33.2 Å². The first kappa shape index (κ1) is 39.5. The Balaban J connectivity index is 1.38. The molecule has 1 spiro atoms. The summed E-state index contributed by atoms with van der Waals surface area (Å²) in [5, 5.41) is 34.1. The summed E-state index contributed by atoms with van der Waals surface area (Å²) in [4.78, 5) is 14.2. The van der Waals surface area contributed by atoms with Gasteiger partial charge in [0.2, 0.25) is 0 Å². The Morgan fingerprint density at radius 1 is 1.04 bits per heavy atom. The van der Waals surface area contributed by atoms with Crippen molar-refractivity contribution in [1.29, 1.82) is 0 Å². The van der Waals surface area contributed by atoms with Gasteiger partial charge in [-0.2, -0.15) is 0 Å². The van der Waals surface area contributed by atoms with Gasteiger partial charge in [0, 0.05) is 38.2 Å². The van der Waals surface area contributed by atoms with Gasteiger partial charge in [0.25, 0.3) is 0 Å². The quantitative estimate of drug-likeness (QED) is 0.265. The van der Waals surface area contributed by atoms with Crippen molar-refractivity contribution in [3.63, 3.8) is 0 Å². The molecule has 6 rings (SSSR count). The average molecular weight is 729 g/mol. The first-order valence-electron chi connectivity index (χ1n) is 19.2. The van der Waals surface area contributed by atoms with Crippen LogP contribution in [0.2, 0.25) is 0 Å². The summed E-state index contributed by atoms with van der Waals surface area (Å²) in [5.41, 5.74) is 0.184. The highest BCUT2D eigenvalue weighted by Crippen LogP contribution is 2.47. The van der Waals surface area contributed by atoms with Crippen LogP contribution < -0.4 is 0 Å². The molecule has 2 bridgehead atoms. The van der Waals surface area contributed by atoms with E-state index in [-0.39, 0.29) is 36.6 Å². The molecule has 16 atom stereocenters. The zero-order chi connectivity index (χ0) is 37.5. The summed E-state index contributed by atoms with van der Waals surface area (Å²) < 4.78 is 44.4. The Morgan fingerprint density at radius 2 is 1.81 bits per heavy atom. The lowest BCUT2D eigenvalue weighted by Gasteiger charge is -2.48. The molecule has 3 saturated heterocycles. The van der Waals surface area contributed by atoms with Crippen molar-refractivity contribution in [3.8, 4) is 0 Å². The van der Waals surface area contributed by atoms with E-state index in [1.165, 1.54) is 0 Å². The molecule has 3 N–H and O–H groups in total. The number of rotatable bonds is 5. The Morgan fingerprint density at radius 3 is 2.54 bits per heavy atom. The summed E-state index contributed by atoms with van der Waals surface area (Å²) in [6, 6.07) is 0. The second kappa shape index (κ2) is 15.9. The largest absolute Gasteiger partial charge is 0.462 e. The topological polar surface area (TPSA) is 142 Å². The van der Waals surface area contributed by atoms with E-state index >= 15 is 0 Å². The molecule has 0 unspecified atom stereocenters. The van der Waals surface area contributed by atoms with Crippen LogP contribution in [0.15, 0.2) is 59.3 Å². The number of carbonyl (C=O) groups excluding carboxylic acids is 1. The Hall–Kier alpha value is -2.19. The lowest BCUT2D eigenvalue weighted by atomic mass is 9.71. The third kappa shape index (κ3) is 7.68. The Labute approximate surface area is 308 Å². The number of carbonyl (C=O) groups is 1. The number of methoxy groups -OCH3 is 1. The van der Waals surface area contributed by atoms with Crippen molar-refractivity contribution < 1.29 is 53.3 Å². The first-order valence-corrected chi connectivity index (χ1v) is 19.2. The molecular formula is C41H60O11. The van der Waals surface area contributed by atoms with Crippen LogP contribution in [0.3, 0.4) is 0 Å². The van der Waals surface area contributed by atoms with E-state index in [2.05, 4.69) is 32.9 Å². The predicted octanol–water partition coefficient (Wildman–Crippen LogP) is 4.84. The van der Waals surface area contributed by atoms with Gasteiger partial charge in [-0.05, 0) is 55.9 Å². The molecule has 11 heteroatoms. The van der Waals surface area contributed by atoms with Gasteiger partial charge in [0.15, 0.2) is 12.1 Å². The maximum atomic E-state index is 14.2. The summed E-state index contributed by atoms with van der Waals surface area (Å²) in [6.45, 7) is 14.2. The van der Waals surface area contributed by atoms with Crippen LogP contribution in [-0.4, -0.2) is 108 Å². The zero-order valence-electron chi connectivity index (χ0n) is 32.0. The highest BCUT2D eigenvalue weighted by Gasteiger charge is 2.60. The van der Waals surface area contributed by atoms with E-state index in [0.29, 0.717) is 36.8 Å². The van der Waals surface area contributed by atoms with E-state index in [9.17, 15) is 20.1 Å². The molecule has 0 aromatic rings. The molecule has 0 amide bonds. The molecule has 290 valence electrons. The third-order valence-electron chi connectivity index (χ3n) is 12.3. The van der Waals surface area contributed by atoms with Crippen molar-refractivity contribution in [1.82, 2.24) is 0 Å². The molecular weight excluding hydrogens is 668 g/mol. The second-order valence-electron chi connectivity index (χ2n) is 16.1. The fourth-order valence-electron chi connectivity index (χ4n) is 8.87. The van der Waals surface area contributed by atoms with Crippen LogP contribution in [-0.2, 0) is 38.0 Å². The van der Waals surface area contributed by atoms with Crippen molar-refractivity contribution >= 4 is 5.97 Å². The van der Waals surface area contributed by atoms with Gasteiger partial charge in [-0.1, -0.05) is 70.6 Å². The predicted molar refractivity (Wildman–Crippen MR) is 193 cm³/mol. The Bertz CT molecular complexity index is 1450. The van der Waals surface area contributed by atoms with Gasteiger partial charge >= 0.3 is 5.97 Å². The molecule has 0 saturated carbocycles. The average Bonchev–Trinajstić information content (AvgIpc) is 3.45. The lowest BCUT2D eigenvalue weighted by molar-refractivity contribution is -0.300. The SMILES string of the molecule is CC[C@@H](C)[C@@H]1O[C@@]2(C=C[C@H]1C)C[C@H]1C[C@H](C/C=C(\C)[C@H](O[C@@H]3C[C@@H](OC)[C@H](O)[C@@H](C)O3)[C@H](C)/C=C/C=C3\CO[C@H]4[C@@H](O)C(C)=C[C@H](C(=O)O1)[C@@]34O)O2. The number of hydrogen-bond donors (Lipinski definition) is 3. The van der Waals surface area contributed by atoms with Crippen LogP contribution in [0.25, 0.3) is 0 Å². The van der Waals surface area contributed by atoms with Crippen LogP contribution in [0.4, 0.5) is 0 Å². The molecule has 0 radical (unpaired) electrons. The van der Waals surface area contributed by atoms with Gasteiger partial charge in [0.05, 0.1) is 37.1 Å². The molecule has 0 aromatic carbocycles. The molecule has 52 heavy (non-hydrogen) atoms. The summed E-state index contributed by atoms with van der Waals surface area (Å²) in [7, 11) is 1.58. The van der Waals surface area contributed by atoms with Crippen LogP contribution in [0, 0.1) is 23.7 Å². The lowest BCUT2D eigenvalue weighted by Crippen LogP contribution is -2.58. The summed E-state index contributed by atoms with van der Waals surface area (Å²) in [6.07, 6.45) is 10.2. The number of esters is 1. The van der Waals surface area contributed by atoms with E-state index in [0.717, 1.165) is 12.0 Å². The van der Waals surface area contributed by atoms with E-state index < -0.39 is 72.3 Å². The standard InChI is InChI=1S/C41H60O11/c1-9-22(2)37-25(5)15-16-40(52-37)20-30-18-29(51-40)14-13-24(4)36(50-33-19-32(46-8)35(43)27(7)48-33)23(3)11-10-12-28-21-47-38-34(42)26(6)17-31(39(44)49-30)41(28,38)45/h10-13,15-17,22-23,25,27,29-38,42-43,45H,9,14,18-21H2,1-8H3/b11-10+,24-13+,28-12+/t22-,23-,25-,27-,29+,30-,31-,32-,33-,34+,35-,36-,37+,38+,40+,41+/m1/s1. The maximum Gasteiger partial charge on any atom is 0.316 e. The normalized spacial score (nSPS) is 48.8. The van der Waals surface area contributed by atoms with E-state index in [1.54, 1.807) is 26.2 Å². The van der Waals surface area contributed by atoms with Crippen LogP contribution in [0.5, 0.6) is 0 Å². The van der Waals surface area contributed by atoms with Crippen molar-refractivity contribution in [2.45, 2.75) is 153 Å². The third-order valence-corrected chi connectivity index (χ3v) is 12.3. The van der Waals surface area contributed by atoms with E-state index in [1.807, 2.05) is 39.0 Å². The maximum absolute atomic E-state index is 14.2. The zero-order valence-corrected chi connectivity index (χ0v) is 32.0. The summed E-state index contributed by atoms with van der Waals surface area (Å²) in [5.74, 6) is -2.44. The highest BCUT2D eigenvalue weighted by atomic mass is 16.7. The number of ether oxygens (including phenoxy) is 7. The molecule has 6 aliphatic rings. The van der Waals surface area contributed by atoms with Gasteiger partial charge < -0.3 is 48.5 Å². The Kier molecular flexibility index (Phi) is 12.1. The fourth-order valence-corrected chi connectivity index (χ4v) is 8.87. The minimum Gasteiger partial charge on any atom is -0.462 e. The fraction of sp³-hybridized carbons (Fsp3) is 0.732. The number of hydrogen-bond acceptors (Lipinski definition) is 11. The van der Waals surface area contributed by atoms with Crippen molar-refractivity contribution in [2.75, 3.05) is 13.7 Å². The number of fused-ring (bicyclic) bond motifs is 2. The first-order chi connectivity index (χ1) is 24.7. The monoisotopic (exact) mass is 728 g/mol. The van der Waals surface area contributed by atoms with Gasteiger partial charge in [0.1, 0.15) is 35.9 Å². The van der Waals surface area contributed by atoms with Gasteiger partial charge in [-0.3, -0.25) is 4.79 Å². The van der Waals surface area contributed by atoms with Crippen LogP contribution in [0.1, 0.15) is 80.6 Å². The van der Waals surface area contributed by atoms with Gasteiger partial charge in [-0.15, -0.1) is 0 Å². The molecule has 1 aliphatic carbocycles. The number of allylic oxidation sites excluding steroid dienone is 2. The molecule has 3 fully saturated rings. The molecule has 0 aromatic heterocycles. The van der Waals surface area contributed by atoms with Crippen molar-refractivity contribution in [3.05, 3.63) is 59.3 Å². The molecule has 11 nitrogen and oxygen atoms in total. The number of aliphatic hydroxyl groups excluding tert-OH is 2. The molecule has 5 heterocycles. The van der Waals surface area contributed by atoms with Crippen molar-refractivity contribution in [2.24, 2.45) is 23.7 Å². The second-order valence-corrected chi connectivity index (χ2v) is 16.1. The minimum absolute atomic E-state index is 0.0471. The van der Waals surface area contributed by atoms with Crippen LogP contribution >= 0.6 is 0 Å². The highest BCUT2D eigenvalue weighted by molar-refractivity contribution is 5.78. The molecule has 5 aliphatic heterocycles. The number of aliphatic hydroxyl groups is 3.